The molecule has 1 aromatic heterocycles. The number of aromatic nitrogens is 2. The fourth-order valence-corrected chi connectivity index (χ4v) is 3.23. The van der Waals surface area contributed by atoms with Gasteiger partial charge in [-0.3, -0.25) is 9.48 Å². The molecule has 1 N–H and O–H groups in total. The molecule has 0 aliphatic carbocycles. The monoisotopic (exact) mass is 308 g/mol. The Balaban J connectivity index is 3.24. The molecule has 108 valence electrons. The number of nitrogens with zero attached hydrogens (tertiary/aromatic N) is 2. The first kappa shape index (κ1) is 16.0. The maximum absolute atomic E-state index is 12.2. The summed E-state index contributed by atoms with van der Waals surface area (Å²) in [6.07, 6.45) is 0.578. The SMILES string of the molecule is CCc1nn(C)c(CS(=O)(=O)C(C)(C)C(=O)O)c1Cl. The van der Waals surface area contributed by atoms with Crippen molar-refractivity contribution in [2.45, 2.75) is 37.7 Å². The number of rotatable bonds is 5. The smallest absolute Gasteiger partial charge is 0.324 e. The molecule has 1 aromatic rings. The van der Waals surface area contributed by atoms with Gasteiger partial charge in [0.05, 0.1) is 22.2 Å². The topological polar surface area (TPSA) is 89.3 Å². The Hall–Kier alpha value is -1.08. The summed E-state index contributed by atoms with van der Waals surface area (Å²) in [5, 5.41) is 13.4. The van der Waals surface area contributed by atoms with Crippen LogP contribution in [0, 0.1) is 0 Å². The Morgan fingerprint density at radius 1 is 1.47 bits per heavy atom. The summed E-state index contributed by atoms with van der Waals surface area (Å²) in [4.78, 5) is 11.1. The Kier molecular flexibility index (Phi) is 4.31. The van der Waals surface area contributed by atoms with Gasteiger partial charge in [0.15, 0.2) is 14.6 Å². The van der Waals surface area contributed by atoms with Crippen LogP contribution in [0.25, 0.3) is 0 Å². The fraction of sp³-hybridized carbons (Fsp3) is 0.636. The third-order valence-electron chi connectivity index (χ3n) is 3.12. The predicted molar refractivity (Wildman–Crippen MR) is 71.9 cm³/mol. The molecule has 0 saturated heterocycles. The van der Waals surface area contributed by atoms with Crippen molar-refractivity contribution >= 4 is 27.4 Å². The highest BCUT2D eigenvalue weighted by molar-refractivity contribution is 7.92. The molecular formula is C11H17ClN2O4S. The lowest BCUT2D eigenvalue weighted by molar-refractivity contribution is -0.139. The fourth-order valence-electron chi connectivity index (χ4n) is 1.47. The second-order valence-electron chi connectivity index (χ2n) is 4.76. The molecule has 0 aromatic carbocycles. The normalized spacial score (nSPS) is 12.7. The zero-order valence-corrected chi connectivity index (χ0v) is 12.8. The molecule has 1 rings (SSSR count). The van der Waals surface area contributed by atoms with Gasteiger partial charge in [-0.15, -0.1) is 0 Å². The molecule has 0 amide bonds. The lowest BCUT2D eigenvalue weighted by Crippen LogP contribution is -2.41. The van der Waals surface area contributed by atoms with Crippen molar-refractivity contribution in [3.8, 4) is 0 Å². The second kappa shape index (κ2) is 5.13. The number of sulfone groups is 1. The molecule has 0 spiro atoms. The highest BCUT2D eigenvalue weighted by Crippen LogP contribution is 2.27. The zero-order chi connectivity index (χ0) is 15.0. The molecule has 0 atom stereocenters. The van der Waals surface area contributed by atoms with Crippen molar-refractivity contribution in [1.29, 1.82) is 0 Å². The van der Waals surface area contributed by atoms with Crippen LogP contribution in [0.3, 0.4) is 0 Å². The van der Waals surface area contributed by atoms with Crippen LogP contribution in [0.15, 0.2) is 0 Å². The number of carboxylic acid groups (broad SMARTS) is 1. The lowest BCUT2D eigenvalue weighted by atomic mass is 10.2. The third-order valence-corrected chi connectivity index (χ3v) is 5.94. The first-order valence-electron chi connectivity index (χ1n) is 5.70. The molecule has 19 heavy (non-hydrogen) atoms. The van der Waals surface area contributed by atoms with E-state index in [2.05, 4.69) is 5.10 Å². The Morgan fingerprint density at radius 2 is 2.00 bits per heavy atom. The first-order chi connectivity index (χ1) is 8.54. The van der Waals surface area contributed by atoms with E-state index in [1.165, 1.54) is 4.68 Å². The summed E-state index contributed by atoms with van der Waals surface area (Å²) in [6.45, 7) is 4.18. The largest absolute Gasteiger partial charge is 0.480 e. The van der Waals surface area contributed by atoms with Crippen molar-refractivity contribution in [2.24, 2.45) is 7.05 Å². The van der Waals surface area contributed by atoms with Crippen LogP contribution in [0.2, 0.25) is 5.02 Å². The van der Waals surface area contributed by atoms with E-state index in [1.54, 1.807) is 7.05 Å². The molecule has 0 radical (unpaired) electrons. The molecule has 0 unspecified atom stereocenters. The van der Waals surface area contributed by atoms with Gasteiger partial charge in [0.25, 0.3) is 0 Å². The second-order valence-corrected chi connectivity index (χ2v) is 7.68. The number of aliphatic carboxylic acids is 1. The minimum absolute atomic E-state index is 0.287. The summed E-state index contributed by atoms with van der Waals surface area (Å²) >= 11 is 6.07. The van der Waals surface area contributed by atoms with Crippen LogP contribution in [-0.2, 0) is 33.9 Å². The van der Waals surface area contributed by atoms with E-state index >= 15 is 0 Å². The van der Waals surface area contributed by atoms with Crippen molar-refractivity contribution in [3.05, 3.63) is 16.4 Å². The first-order valence-corrected chi connectivity index (χ1v) is 7.73. The number of carboxylic acids is 1. The standard InChI is InChI=1S/C11H17ClN2O4S/c1-5-7-9(12)8(14(4)13-7)6-19(17,18)11(2,3)10(15)16/h5-6H2,1-4H3,(H,15,16). The van der Waals surface area contributed by atoms with Gasteiger partial charge >= 0.3 is 5.97 Å². The van der Waals surface area contributed by atoms with Crippen LogP contribution < -0.4 is 0 Å². The molecule has 0 aliphatic rings. The van der Waals surface area contributed by atoms with Crippen LogP contribution in [0.4, 0.5) is 0 Å². The Labute approximate surface area is 117 Å². The number of hydrogen-bond donors (Lipinski definition) is 1. The summed E-state index contributed by atoms with van der Waals surface area (Å²) < 4.78 is 23.9. The van der Waals surface area contributed by atoms with E-state index in [4.69, 9.17) is 16.7 Å². The van der Waals surface area contributed by atoms with Gasteiger partial charge in [-0.1, -0.05) is 18.5 Å². The van der Waals surface area contributed by atoms with Gasteiger partial charge in [-0.25, -0.2) is 8.42 Å². The average Bonchev–Trinajstić information content (AvgIpc) is 2.55. The van der Waals surface area contributed by atoms with Crippen LogP contribution in [0.1, 0.15) is 32.2 Å². The molecule has 0 aliphatic heterocycles. The van der Waals surface area contributed by atoms with E-state index < -0.39 is 26.3 Å². The average molecular weight is 309 g/mol. The Bertz CT molecular complexity index is 604. The van der Waals surface area contributed by atoms with Crippen LogP contribution >= 0.6 is 11.6 Å². The molecule has 0 fully saturated rings. The zero-order valence-electron chi connectivity index (χ0n) is 11.3. The highest BCUT2D eigenvalue weighted by atomic mass is 35.5. The van der Waals surface area contributed by atoms with E-state index in [0.717, 1.165) is 13.8 Å². The van der Waals surface area contributed by atoms with Crippen molar-refractivity contribution < 1.29 is 18.3 Å². The van der Waals surface area contributed by atoms with E-state index in [9.17, 15) is 13.2 Å². The van der Waals surface area contributed by atoms with Gasteiger partial charge in [0, 0.05) is 7.05 Å². The Morgan fingerprint density at radius 3 is 2.37 bits per heavy atom. The van der Waals surface area contributed by atoms with Gasteiger partial charge in [0.2, 0.25) is 0 Å². The van der Waals surface area contributed by atoms with E-state index in [1.807, 2.05) is 6.92 Å². The number of carbonyl (C=O) groups is 1. The van der Waals surface area contributed by atoms with Gasteiger partial charge < -0.3 is 5.11 Å². The molecule has 0 bridgehead atoms. The minimum Gasteiger partial charge on any atom is -0.480 e. The van der Waals surface area contributed by atoms with Crippen LogP contribution in [0.5, 0.6) is 0 Å². The van der Waals surface area contributed by atoms with Gasteiger partial charge in [-0.05, 0) is 20.3 Å². The molecule has 0 saturated carbocycles. The van der Waals surface area contributed by atoms with Crippen molar-refractivity contribution in [1.82, 2.24) is 9.78 Å². The maximum Gasteiger partial charge on any atom is 0.324 e. The molecular weight excluding hydrogens is 292 g/mol. The van der Waals surface area contributed by atoms with Gasteiger partial charge in [0.1, 0.15) is 0 Å². The van der Waals surface area contributed by atoms with Gasteiger partial charge in [-0.2, -0.15) is 5.10 Å². The predicted octanol–water partition coefficient (Wildman–Crippen LogP) is 1.41. The van der Waals surface area contributed by atoms with Crippen molar-refractivity contribution in [3.63, 3.8) is 0 Å². The lowest BCUT2D eigenvalue weighted by Gasteiger charge is -2.19. The highest BCUT2D eigenvalue weighted by Gasteiger charge is 2.42. The minimum atomic E-state index is -3.90. The van der Waals surface area contributed by atoms with E-state index in [-0.39, 0.29) is 5.02 Å². The summed E-state index contributed by atoms with van der Waals surface area (Å²) in [6, 6.07) is 0. The number of hydrogen-bond acceptors (Lipinski definition) is 4. The molecule has 8 heteroatoms. The molecule has 6 nitrogen and oxygen atoms in total. The number of aryl methyl sites for hydroxylation is 2. The quantitative estimate of drug-likeness (QED) is 0.888. The van der Waals surface area contributed by atoms with Crippen LogP contribution in [-0.4, -0.2) is 34.0 Å². The summed E-state index contributed by atoms with van der Waals surface area (Å²) in [5.41, 5.74) is 0.912. The van der Waals surface area contributed by atoms with E-state index in [0.29, 0.717) is 17.8 Å². The molecule has 1 heterocycles. The number of halogens is 1. The third kappa shape index (κ3) is 2.76. The summed E-state index contributed by atoms with van der Waals surface area (Å²) in [5.74, 6) is -1.84. The maximum atomic E-state index is 12.2. The van der Waals surface area contributed by atoms with Crippen molar-refractivity contribution in [2.75, 3.05) is 0 Å². The summed E-state index contributed by atoms with van der Waals surface area (Å²) in [7, 11) is -2.31.